The summed E-state index contributed by atoms with van der Waals surface area (Å²) in [4.78, 5) is 20.8. The van der Waals surface area contributed by atoms with E-state index in [0.29, 0.717) is 25.7 Å². The van der Waals surface area contributed by atoms with Crippen LogP contribution in [0.3, 0.4) is 0 Å². The van der Waals surface area contributed by atoms with E-state index < -0.39 is 0 Å². The van der Waals surface area contributed by atoms with E-state index in [1.807, 2.05) is 19.1 Å². The van der Waals surface area contributed by atoms with E-state index in [4.69, 9.17) is 20.9 Å². The third kappa shape index (κ3) is 9.58. The van der Waals surface area contributed by atoms with E-state index in [2.05, 4.69) is 59.2 Å². The molecule has 0 spiro atoms. The Balaban J connectivity index is 0.00000507. The maximum absolute atomic E-state index is 12.2. The SMILES string of the molecule is COCCCOc1cc(CC(C)C(=O)N=C(N)N)ccc1-c1ccc(CN2CCC(N(C)C)CC2)cc1.Cl. The van der Waals surface area contributed by atoms with Gasteiger partial charge in [0.25, 0.3) is 5.91 Å². The van der Waals surface area contributed by atoms with Crippen LogP contribution >= 0.6 is 12.4 Å². The van der Waals surface area contributed by atoms with Gasteiger partial charge >= 0.3 is 0 Å². The summed E-state index contributed by atoms with van der Waals surface area (Å²) in [5, 5.41) is 0. The van der Waals surface area contributed by atoms with Crippen molar-refractivity contribution in [2.45, 2.75) is 45.2 Å². The number of carbonyl (C=O) groups excluding carboxylic acids is 1. The van der Waals surface area contributed by atoms with Crippen LogP contribution in [-0.2, 0) is 22.5 Å². The molecule has 0 aromatic heterocycles. The van der Waals surface area contributed by atoms with Crippen molar-refractivity contribution in [3.05, 3.63) is 53.6 Å². The minimum Gasteiger partial charge on any atom is -0.493 e. The van der Waals surface area contributed by atoms with Crippen LogP contribution in [0.15, 0.2) is 47.5 Å². The smallest absolute Gasteiger partial charge is 0.252 e. The maximum Gasteiger partial charge on any atom is 0.252 e. The van der Waals surface area contributed by atoms with E-state index in [-0.39, 0.29) is 30.2 Å². The first kappa shape index (κ1) is 31.6. The third-order valence-corrected chi connectivity index (χ3v) is 6.96. The molecule has 2 aromatic rings. The van der Waals surface area contributed by atoms with Crippen LogP contribution in [0.2, 0.25) is 0 Å². The molecule has 8 nitrogen and oxygen atoms in total. The Labute approximate surface area is 233 Å². The molecule has 1 unspecified atom stereocenters. The van der Waals surface area contributed by atoms with Gasteiger partial charge in [0.15, 0.2) is 5.96 Å². The normalized spacial score (nSPS) is 15.1. The van der Waals surface area contributed by atoms with Crippen LogP contribution in [0.1, 0.15) is 37.3 Å². The molecule has 1 fully saturated rings. The predicted molar refractivity (Wildman–Crippen MR) is 157 cm³/mol. The Bertz CT molecular complexity index is 1030. The molecule has 0 aliphatic carbocycles. The third-order valence-electron chi connectivity index (χ3n) is 6.96. The highest BCUT2D eigenvalue weighted by Gasteiger charge is 2.20. The highest BCUT2D eigenvalue weighted by molar-refractivity contribution is 5.92. The molecule has 210 valence electrons. The lowest BCUT2D eigenvalue weighted by molar-refractivity contribution is -0.121. The summed E-state index contributed by atoms with van der Waals surface area (Å²) in [7, 11) is 6.04. The Morgan fingerprint density at radius 2 is 1.74 bits per heavy atom. The van der Waals surface area contributed by atoms with E-state index in [1.54, 1.807) is 7.11 Å². The molecule has 2 aromatic carbocycles. The van der Waals surface area contributed by atoms with Crippen LogP contribution in [-0.4, -0.2) is 75.2 Å². The molecule has 9 heteroatoms. The summed E-state index contributed by atoms with van der Waals surface area (Å²) in [5.41, 5.74) is 15.2. The Kier molecular flexibility index (Phi) is 13.0. The summed E-state index contributed by atoms with van der Waals surface area (Å²) in [6.07, 6.45) is 3.76. The van der Waals surface area contributed by atoms with Gasteiger partial charge in [-0.3, -0.25) is 9.69 Å². The van der Waals surface area contributed by atoms with Crippen molar-refractivity contribution in [1.29, 1.82) is 0 Å². The molecular formula is C29H44ClN5O3. The highest BCUT2D eigenvalue weighted by atomic mass is 35.5. The van der Waals surface area contributed by atoms with Gasteiger partial charge in [0.2, 0.25) is 0 Å². The van der Waals surface area contributed by atoms with Crippen molar-refractivity contribution in [3.63, 3.8) is 0 Å². The maximum atomic E-state index is 12.2. The fourth-order valence-electron chi connectivity index (χ4n) is 4.76. The number of guanidine groups is 1. The lowest BCUT2D eigenvalue weighted by Crippen LogP contribution is -2.41. The first-order chi connectivity index (χ1) is 17.8. The number of nitrogens with two attached hydrogens (primary N) is 2. The van der Waals surface area contributed by atoms with Crippen LogP contribution in [0.4, 0.5) is 0 Å². The Morgan fingerprint density at radius 1 is 1.08 bits per heavy atom. The Hall–Kier alpha value is -2.65. The number of nitrogens with zero attached hydrogens (tertiary/aromatic N) is 3. The van der Waals surface area contributed by atoms with Crippen molar-refractivity contribution in [1.82, 2.24) is 9.80 Å². The Morgan fingerprint density at radius 3 is 2.34 bits per heavy atom. The summed E-state index contributed by atoms with van der Waals surface area (Å²) in [5.74, 6) is -0.0750. The quantitative estimate of drug-likeness (QED) is 0.238. The zero-order valence-corrected chi connectivity index (χ0v) is 24.0. The van der Waals surface area contributed by atoms with Gasteiger partial charge in [-0.25, -0.2) is 0 Å². The zero-order chi connectivity index (χ0) is 26.8. The minimum atomic E-state index is -0.337. The minimum absolute atomic E-state index is 0. The molecule has 4 N–H and O–H groups in total. The topological polar surface area (TPSA) is 106 Å². The molecule has 3 rings (SSSR count). The molecule has 38 heavy (non-hydrogen) atoms. The number of rotatable bonds is 12. The number of hydrogen-bond acceptors (Lipinski definition) is 5. The first-order valence-corrected chi connectivity index (χ1v) is 13.1. The molecule has 1 atom stereocenters. The van der Waals surface area contributed by atoms with Crippen LogP contribution < -0.4 is 16.2 Å². The number of ether oxygens (including phenoxy) is 2. The van der Waals surface area contributed by atoms with Gasteiger partial charge < -0.3 is 25.8 Å². The number of halogens is 1. The monoisotopic (exact) mass is 545 g/mol. The highest BCUT2D eigenvalue weighted by Crippen LogP contribution is 2.32. The zero-order valence-electron chi connectivity index (χ0n) is 23.2. The molecule has 1 aliphatic rings. The second-order valence-corrected chi connectivity index (χ2v) is 10.2. The number of methoxy groups -OCH3 is 1. The molecule has 1 saturated heterocycles. The van der Waals surface area contributed by atoms with Crippen molar-refractivity contribution < 1.29 is 14.3 Å². The summed E-state index contributed by atoms with van der Waals surface area (Å²) in [6, 6.07) is 15.6. The lowest BCUT2D eigenvalue weighted by Gasteiger charge is -2.35. The van der Waals surface area contributed by atoms with Gasteiger partial charge in [0.05, 0.1) is 6.61 Å². The van der Waals surface area contributed by atoms with Crippen LogP contribution in [0.25, 0.3) is 11.1 Å². The van der Waals surface area contributed by atoms with Gasteiger partial charge in [0, 0.05) is 44.2 Å². The number of hydrogen-bond donors (Lipinski definition) is 2. The van der Waals surface area contributed by atoms with Gasteiger partial charge in [-0.05, 0) is 69.2 Å². The second kappa shape index (κ2) is 15.7. The summed E-state index contributed by atoms with van der Waals surface area (Å²) in [6.45, 7) is 6.25. The molecule has 0 bridgehead atoms. The van der Waals surface area contributed by atoms with Crippen molar-refractivity contribution in [2.24, 2.45) is 22.4 Å². The van der Waals surface area contributed by atoms with Crippen molar-refractivity contribution in [3.8, 4) is 16.9 Å². The summed E-state index contributed by atoms with van der Waals surface area (Å²) >= 11 is 0. The number of piperidine rings is 1. The fourth-order valence-corrected chi connectivity index (χ4v) is 4.76. The molecular weight excluding hydrogens is 502 g/mol. The second-order valence-electron chi connectivity index (χ2n) is 10.2. The van der Waals surface area contributed by atoms with E-state index >= 15 is 0 Å². The fraction of sp³-hybridized carbons (Fsp3) is 0.517. The number of aliphatic imine (C=N–C) groups is 1. The average molecular weight is 546 g/mol. The largest absolute Gasteiger partial charge is 0.493 e. The number of benzene rings is 2. The van der Waals surface area contributed by atoms with E-state index in [1.165, 1.54) is 18.4 Å². The number of likely N-dealkylation sites (tertiary alicyclic amines) is 1. The average Bonchev–Trinajstić information content (AvgIpc) is 2.87. The molecule has 1 amide bonds. The molecule has 1 heterocycles. The number of amides is 1. The van der Waals surface area contributed by atoms with Crippen LogP contribution in [0.5, 0.6) is 5.75 Å². The van der Waals surface area contributed by atoms with Gasteiger partial charge in [-0.1, -0.05) is 43.3 Å². The number of carbonyl (C=O) groups is 1. The van der Waals surface area contributed by atoms with E-state index in [9.17, 15) is 4.79 Å². The lowest BCUT2D eigenvalue weighted by atomic mass is 9.96. The first-order valence-electron chi connectivity index (χ1n) is 13.1. The standard InChI is InChI=1S/C29H43N5O3.ClH/c1-21(28(35)32-29(30)31)18-23-8-11-26(27(19-23)37-17-5-16-36-4)24-9-6-22(7-10-24)20-34-14-12-25(13-15-34)33(2)3;/h6-11,19,21,25H,5,12-18,20H2,1-4H3,(H4,30,31,32,35);1H. The van der Waals surface area contributed by atoms with Crippen molar-refractivity contribution in [2.75, 3.05) is 47.5 Å². The van der Waals surface area contributed by atoms with Crippen molar-refractivity contribution >= 4 is 24.3 Å². The molecule has 0 radical (unpaired) electrons. The predicted octanol–water partition coefficient (Wildman–Crippen LogP) is 3.70. The van der Waals surface area contributed by atoms with Gasteiger partial charge in [-0.15, -0.1) is 12.4 Å². The molecule has 1 aliphatic heterocycles. The van der Waals surface area contributed by atoms with Gasteiger partial charge in [-0.2, -0.15) is 4.99 Å². The van der Waals surface area contributed by atoms with Gasteiger partial charge in [0.1, 0.15) is 5.75 Å². The van der Waals surface area contributed by atoms with E-state index in [0.717, 1.165) is 48.5 Å². The molecule has 0 saturated carbocycles. The van der Waals surface area contributed by atoms with Crippen LogP contribution in [0, 0.1) is 5.92 Å². The summed E-state index contributed by atoms with van der Waals surface area (Å²) < 4.78 is 11.3.